The molecule has 0 unspecified atom stereocenters. The van der Waals surface area contributed by atoms with Gasteiger partial charge in [-0.2, -0.15) is 0 Å². The molecule has 0 saturated carbocycles. The van der Waals surface area contributed by atoms with Crippen molar-refractivity contribution < 1.29 is 28.6 Å². The Kier molecular flexibility index (Phi) is 7.37. The SMILES string of the molecule is COC(=O)C[C@@H]1C[C@@H](COc2ccc(-c3ccc(C(=N)NC(=O)OC)nc3)cc2)NC1=O. The van der Waals surface area contributed by atoms with Gasteiger partial charge in [-0.1, -0.05) is 18.2 Å². The molecular weight excluding hydrogens is 416 g/mol. The topological polar surface area (TPSA) is 140 Å². The Morgan fingerprint density at radius 1 is 1.12 bits per heavy atom. The minimum Gasteiger partial charge on any atom is -0.491 e. The fourth-order valence-corrected chi connectivity index (χ4v) is 3.27. The van der Waals surface area contributed by atoms with Gasteiger partial charge in [0.25, 0.3) is 0 Å². The molecule has 1 aliphatic rings. The fourth-order valence-electron chi connectivity index (χ4n) is 3.27. The van der Waals surface area contributed by atoms with Crippen molar-refractivity contribution in [1.82, 2.24) is 15.6 Å². The maximum atomic E-state index is 12.0. The van der Waals surface area contributed by atoms with Gasteiger partial charge in [0.05, 0.1) is 32.6 Å². The number of carbonyl (C=O) groups excluding carboxylic acids is 3. The van der Waals surface area contributed by atoms with Crippen LogP contribution in [0.15, 0.2) is 42.6 Å². The number of benzene rings is 1. The van der Waals surface area contributed by atoms with Gasteiger partial charge >= 0.3 is 12.1 Å². The van der Waals surface area contributed by atoms with Gasteiger partial charge in [0.1, 0.15) is 18.1 Å². The van der Waals surface area contributed by atoms with Crippen LogP contribution in [0.25, 0.3) is 11.1 Å². The normalized spacial score (nSPS) is 17.2. The lowest BCUT2D eigenvalue weighted by Gasteiger charge is -2.12. The molecule has 10 nitrogen and oxygen atoms in total. The number of rotatable bonds is 7. The van der Waals surface area contributed by atoms with Gasteiger partial charge in [-0.25, -0.2) is 4.79 Å². The third-order valence-corrected chi connectivity index (χ3v) is 5.00. The number of amides is 2. The minimum atomic E-state index is -0.729. The number of carbonyl (C=O) groups is 3. The monoisotopic (exact) mass is 440 g/mol. The zero-order chi connectivity index (χ0) is 23.1. The number of pyridine rings is 1. The standard InChI is InChI=1S/C22H24N4O6/c1-30-19(27)10-15-9-16(25-21(15)28)12-32-17-6-3-13(4-7-17)14-5-8-18(24-11-14)20(23)26-22(29)31-2/h3-8,11,15-16H,9-10,12H2,1-2H3,(H,25,28)(H2,23,26,29)/t15-,16-/m0/s1. The largest absolute Gasteiger partial charge is 0.491 e. The lowest BCUT2D eigenvalue weighted by molar-refractivity contribution is -0.143. The van der Waals surface area contributed by atoms with E-state index in [1.807, 2.05) is 24.3 Å². The first-order valence-electron chi connectivity index (χ1n) is 9.90. The Bertz CT molecular complexity index is 990. The van der Waals surface area contributed by atoms with E-state index in [0.29, 0.717) is 24.5 Å². The quantitative estimate of drug-likeness (QED) is 0.339. The van der Waals surface area contributed by atoms with Crippen LogP contribution in [0.4, 0.5) is 4.79 Å². The molecule has 0 bridgehead atoms. The van der Waals surface area contributed by atoms with Crippen molar-refractivity contribution in [2.75, 3.05) is 20.8 Å². The van der Waals surface area contributed by atoms with Crippen molar-refractivity contribution in [3.63, 3.8) is 0 Å². The molecule has 1 saturated heterocycles. The highest BCUT2D eigenvalue weighted by Crippen LogP contribution is 2.24. The van der Waals surface area contributed by atoms with Gasteiger partial charge in [0, 0.05) is 11.8 Å². The number of hydrogen-bond acceptors (Lipinski definition) is 8. The first kappa shape index (κ1) is 22.7. The molecule has 1 aromatic carbocycles. The Morgan fingerprint density at radius 3 is 2.47 bits per heavy atom. The molecule has 0 aliphatic carbocycles. The van der Waals surface area contributed by atoms with Crippen molar-refractivity contribution in [3.8, 4) is 16.9 Å². The molecule has 168 valence electrons. The average molecular weight is 440 g/mol. The van der Waals surface area contributed by atoms with E-state index in [9.17, 15) is 14.4 Å². The summed E-state index contributed by atoms with van der Waals surface area (Å²) in [7, 11) is 2.52. The molecule has 32 heavy (non-hydrogen) atoms. The summed E-state index contributed by atoms with van der Waals surface area (Å²) in [5, 5.41) is 12.9. The molecule has 0 spiro atoms. The number of aromatic nitrogens is 1. The Labute approximate surface area is 184 Å². The Balaban J connectivity index is 1.53. The zero-order valence-corrected chi connectivity index (χ0v) is 17.7. The summed E-state index contributed by atoms with van der Waals surface area (Å²) in [6, 6.07) is 10.6. The summed E-state index contributed by atoms with van der Waals surface area (Å²) in [4.78, 5) is 38.7. The zero-order valence-electron chi connectivity index (χ0n) is 17.7. The van der Waals surface area contributed by atoms with Gasteiger partial charge < -0.3 is 19.5 Å². The first-order valence-corrected chi connectivity index (χ1v) is 9.90. The van der Waals surface area contributed by atoms with E-state index in [0.717, 1.165) is 11.1 Å². The predicted molar refractivity (Wildman–Crippen MR) is 114 cm³/mol. The van der Waals surface area contributed by atoms with Crippen LogP contribution in [0.2, 0.25) is 0 Å². The molecule has 3 N–H and O–H groups in total. The van der Waals surface area contributed by atoms with Gasteiger partial charge in [0.15, 0.2) is 5.84 Å². The van der Waals surface area contributed by atoms with E-state index in [-0.39, 0.29) is 24.2 Å². The summed E-state index contributed by atoms with van der Waals surface area (Å²) in [5.41, 5.74) is 2.04. The van der Waals surface area contributed by atoms with Gasteiger partial charge in [-0.15, -0.1) is 0 Å². The number of esters is 1. The predicted octanol–water partition coefficient (Wildman–Crippen LogP) is 1.88. The Morgan fingerprint density at radius 2 is 1.84 bits per heavy atom. The van der Waals surface area contributed by atoms with Crippen LogP contribution < -0.4 is 15.4 Å². The van der Waals surface area contributed by atoms with E-state index in [2.05, 4.69) is 25.1 Å². The van der Waals surface area contributed by atoms with E-state index in [4.69, 9.17) is 10.1 Å². The number of nitrogens with one attached hydrogen (secondary N) is 3. The van der Waals surface area contributed by atoms with Crippen LogP contribution in [0.5, 0.6) is 5.75 Å². The third-order valence-electron chi connectivity index (χ3n) is 5.00. The maximum Gasteiger partial charge on any atom is 0.412 e. The van der Waals surface area contributed by atoms with E-state index in [1.165, 1.54) is 14.2 Å². The maximum absolute atomic E-state index is 12.0. The molecule has 2 heterocycles. The van der Waals surface area contributed by atoms with Crippen LogP contribution in [-0.4, -0.2) is 55.7 Å². The smallest absolute Gasteiger partial charge is 0.412 e. The highest BCUT2D eigenvalue weighted by atomic mass is 16.5. The average Bonchev–Trinajstić information content (AvgIpc) is 3.16. The van der Waals surface area contributed by atoms with Crippen molar-refractivity contribution >= 4 is 23.8 Å². The lowest BCUT2D eigenvalue weighted by atomic mass is 10.0. The second-order valence-corrected chi connectivity index (χ2v) is 7.18. The summed E-state index contributed by atoms with van der Waals surface area (Å²) >= 11 is 0. The molecule has 3 rings (SSSR count). The second-order valence-electron chi connectivity index (χ2n) is 7.18. The Hall–Kier alpha value is -3.95. The number of alkyl carbamates (subject to hydrolysis) is 1. The van der Waals surface area contributed by atoms with Crippen LogP contribution in [0, 0.1) is 11.3 Å². The van der Waals surface area contributed by atoms with Crippen molar-refractivity contribution in [1.29, 1.82) is 5.41 Å². The van der Waals surface area contributed by atoms with Crippen molar-refractivity contribution in [3.05, 3.63) is 48.3 Å². The molecule has 2 aromatic rings. The minimum absolute atomic E-state index is 0.0680. The third kappa shape index (κ3) is 5.81. The molecule has 10 heteroatoms. The van der Waals surface area contributed by atoms with Gasteiger partial charge in [0.2, 0.25) is 5.91 Å². The van der Waals surface area contributed by atoms with Crippen LogP contribution in [-0.2, 0) is 19.1 Å². The summed E-state index contributed by atoms with van der Waals surface area (Å²) in [6.45, 7) is 0.300. The molecule has 2 amide bonds. The van der Waals surface area contributed by atoms with Crippen LogP contribution in [0.1, 0.15) is 18.5 Å². The lowest BCUT2D eigenvalue weighted by Crippen LogP contribution is -2.31. The molecule has 0 radical (unpaired) electrons. The number of methoxy groups -OCH3 is 2. The highest BCUT2D eigenvalue weighted by Gasteiger charge is 2.34. The summed E-state index contributed by atoms with van der Waals surface area (Å²) in [6.07, 6.45) is 1.46. The van der Waals surface area contributed by atoms with Crippen molar-refractivity contribution in [2.45, 2.75) is 18.9 Å². The van der Waals surface area contributed by atoms with E-state index in [1.54, 1.807) is 18.3 Å². The molecule has 1 fully saturated rings. The molecule has 1 aromatic heterocycles. The molecule has 1 aliphatic heterocycles. The number of amidine groups is 1. The summed E-state index contributed by atoms with van der Waals surface area (Å²) in [5.74, 6) is -0.460. The number of ether oxygens (including phenoxy) is 3. The first-order chi connectivity index (χ1) is 15.4. The van der Waals surface area contributed by atoms with Crippen LogP contribution in [0.3, 0.4) is 0 Å². The van der Waals surface area contributed by atoms with Crippen LogP contribution >= 0.6 is 0 Å². The van der Waals surface area contributed by atoms with E-state index >= 15 is 0 Å². The molecular formula is C22H24N4O6. The second kappa shape index (κ2) is 10.4. The fraction of sp³-hybridized carbons (Fsp3) is 0.318. The summed E-state index contributed by atoms with van der Waals surface area (Å²) < 4.78 is 14.9. The molecule has 2 atom stereocenters. The number of hydrogen-bond donors (Lipinski definition) is 3. The van der Waals surface area contributed by atoms with Crippen molar-refractivity contribution in [2.24, 2.45) is 5.92 Å². The van der Waals surface area contributed by atoms with Gasteiger partial charge in [-0.3, -0.25) is 25.3 Å². The van der Waals surface area contributed by atoms with E-state index < -0.39 is 18.0 Å². The highest BCUT2D eigenvalue weighted by molar-refractivity contribution is 6.03. The van der Waals surface area contributed by atoms with Gasteiger partial charge in [-0.05, 0) is 30.2 Å². The number of nitrogens with zero attached hydrogens (tertiary/aromatic N) is 1.